The van der Waals surface area contributed by atoms with Gasteiger partial charge in [-0.2, -0.15) is 0 Å². The van der Waals surface area contributed by atoms with Crippen LogP contribution in [0.3, 0.4) is 0 Å². The summed E-state index contributed by atoms with van der Waals surface area (Å²) in [5, 5.41) is 17.9. The van der Waals surface area contributed by atoms with Gasteiger partial charge in [0.1, 0.15) is 5.52 Å². The van der Waals surface area contributed by atoms with E-state index in [-0.39, 0.29) is 17.4 Å². The van der Waals surface area contributed by atoms with Crippen molar-refractivity contribution in [3.63, 3.8) is 0 Å². The lowest BCUT2D eigenvalue weighted by molar-refractivity contribution is -0.144. The zero-order chi connectivity index (χ0) is 15.0. The fraction of sp³-hybridized carbons (Fsp3) is 0.467. The smallest absolute Gasteiger partial charge is 0.307 e. The monoisotopic (exact) mass is 287 g/mol. The summed E-state index contributed by atoms with van der Waals surface area (Å²) in [6, 6.07) is 7.05. The molecular formula is C15H17N3O3. The Hall–Kier alpha value is -2.24. The largest absolute Gasteiger partial charge is 0.481 e. The number of rotatable bonds is 3. The summed E-state index contributed by atoms with van der Waals surface area (Å²) in [4.78, 5) is 23.8. The molecule has 0 amide bonds. The predicted octanol–water partition coefficient (Wildman–Crippen LogP) is 1.54. The number of hydrogen-bond acceptors (Lipinski definition) is 4. The van der Waals surface area contributed by atoms with Gasteiger partial charge in [-0.1, -0.05) is 24.3 Å². The maximum absolute atomic E-state index is 12.4. The molecule has 3 atom stereocenters. The number of benzene rings is 1. The van der Waals surface area contributed by atoms with Gasteiger partial charge in [-0.05, 0) is 36.8 Å². The molecule has 0 unspecified atom stereocenters. The minimum absolute atomic E-state index is 0.0642. The zero-order valence-corrected chi connectivity index (χ0v) is 11.8. The molecule has 0 saturated heterocycles. The molecule has 1 fully saturated rings. The van der Waals surface area contributed by atoms with Crippen LogP contribution in [0.2, 0.25) is 0 Å². The summed E-state index contributed by atoms with van der Waals surface area (Å²) in [6.45, 7) is 2.27. The van der Waals surface area contributed by atoms with Crippen molar-refractivity contribution in [2.75, 3.05) is 0 Å². The van der Waals surface area contributed by atoms with Crippen LogP contribution in [0.4, 0.5) is 0 Å². The Morgan fingerprint density at radius 3 is 2.90 bits per heavy atom. The first-order chi connectivity index (χ1) is 10.1. The summed E-state index contributed by atoms with van der Waals surface area (Å²) in [5.74, 6) is -1.13. The lowest BCUT2D eigenvalue weighted by Gasteiger charge is -2.18. The molecule has 1 aromatic heterocycles. The van der Waals surface area contributed by atoms with E-state index < -0.39 is 11.9 Å². The van der Waals surface area contributed by atoms with Crippen molar-refractivity contribution in [2.24, 2.45) is 17.8 Å². The highest BCUT2D eigenvalue weighted by Crippen LogP contribution is 2.37. The number of carbonyl (C=O) groups is 1. The molecule has 2 aromatic rings. The van der Waals surface area contributed by atoms with Gasteiger partial charge in [-0.15, -0.1) is 5.10 Å². The minimum atomic E-state index is -0.785. The molecule has 3 rings (SSSR count). The number of nitrogens with zero attached hydrogens (tertiary/aromatic N) is 3. The van der Waals surface area contributed by atoms with E-state index in [1.807, 2.05) is 6.92 Å². The van der Waals surface area contributed by atoms with E-state index in [9.17, 15) is 14.7 Å². The standard InChI is InChI=1S/C15H17N3O3/c1-9-6-7-10(13(9)15(20)21)8-18-14(19)11-4-2-3-5-12(11)16-17-18/h2-5,9-10,13H,6-8H2,1H3,(H,20,21)/t9-,10-,13+/m0/s1. The minimum Gasteiger partial charge on any atom is -0.481 e. The van der Waals surface area contributed by atoms with E-state index in [4.69, 9.17) is 0 Å². The maximum atomic E-state index is 12.4. The summed E-state index contributed by atoms with van der Waals surface area (Å²) >= 11 is 0. The van der Waals surface area contributed by atoms with Crippen LogP contribution >= 0.6 is 0 Å². The van der Waals surface area contributed by atoms with Gasteiger partial charge in [0, 0.05) is 0 Å². The molecule has 0 bridgehead atoms. The lowest BCUT2D eigenvalue weighted by atomic mass is 9.90. The normalized spacial score (nSPS) is 25.3. The summed E-state index contributed by atoms with van der Waals surface area (Å²) in [7, 11) is 0. The Morgan fingerprint density at radius 1 is 1.38 bits per heavy atom. The third kappa shape index (κ3) is 2.41. The topological polar surface area (TPSA) is 85.1 Å². The van der Waals surface area contributed by atoms with Crippen LogP contribution in [0, 0.1) is 17.8 Å². The Labute approximate surface area is 121 Å². The van der Waals surface area contributed by atoms with Crippen molar-refractivity contribution in [2.45, 2.75) is 26.3 Å². The molecule has 6 heteroatoms. The second kappa shape index (κ2) is 5.27. The van der Waals surface area contributed by atoms with Crippen LogP contribution in [0.1, 0.15) is 19.8 Å². The van der Waals surface area contributed by atoms with Gasteiger partial charge >= 0.3 is 5.97 Å². The first-order valence-corrected chi connectivity index (χ1v) is 7.13. The molecule has 1 heterocycles. The summed E-state index contributed by atoms with van der Waals surface area (Å²) in [6.07, 6.45) is 1.68. The van der Waals surface area contributed by atoms with Gasteiger partial charge in [0.05, 0.1) is 17.8 Å². The molecule has 21 heavy (non-hydrogen) atoms. The predicted molar refractivity (Wildman–Crippen MR) is 76.8 cm³/mol. The molecule has 0 spiro atoms. The quantitative estimate of drug-likeness (QED) is 0.925. The number of carboxylic acids is 1. The third-order valence-electron chi connectivity index (χ3n) is 4.44. The molecule has 6 nitrogen and oxygen atoms in total. The fourth-order valence-corrected chi connectivity index (χ4v) is 3.32. The van der Waals surface area contributed by atoms with Crippen molar-refractivity contribution in [1.29, 1.82) is 0 Å². The summed E-state index contributed by atoms with van der Waals surface area (Å²) < 4.78 is 1.31. The molecule has 1 aliphatic rings. The van der Waals surface area contributed by atoms with E-state index in [0.717, 1.165) is 12.8 Å². The Morgan fingerprint density at radius 2 is 2.14 bits per heavy atom. The highest BCUT2D eigenvalue weighted by Gasteiger charge is 2.39. The van der Waals surface area contributed by atoms with Gasteiger partial charge in [0.2, 0.25) is 0 Å². The van der Waals surface area contributed by atoms with E-state index in [1.54, 1.807) is 24.3 Å². The van der Waals surface area contributed by atoms with Crippen LogP contribution in [-0.4, -0.2) is 26.1 Å². The van der Waals surface area contributed by atoms with Crippen LogP contribution in [0.5, 0.6) is 0 Å². The van der Waals surface area contributed by atoms with Gasteiger partial charge < -0.3 is 5.11 Å². The van der Waals surface area contributed by atoms with Gasteiger partial charge in [-0.3, -0.25) is 9.59 Å². The number of carboxylic acid groups (broad SMARTS) is 1. The second-order valence-corrected chi connectivity index (χ2v) is 5.77. The maximum Gasteiger partial charge on any atom is 0.307 e. The molecule has 1 aliphatic carbocycles. The first kappa shape index (κ1) is 13.7. The highest BCUT2D eigenvalue weighted by molar-refractivity contribution is 5.76. The van der Waals surface area contributed by atoms with E-state index >= 15 is 0 Å². The van der Waals surface area contributed by atoms with Crippen molar-refractivity contribution in [3.05, 3.63) is 34.6 Å². The van der Waals surface area contributed by atoms with E-state index in [0.29, 0.717) is 17.4 Å². The summed E-state index contributed by atoms with van der Waals surface area (Å²) in [5.41, 5.74) is 0.359. The van der Waals surface area contributed by atoms with Gasteiger partial charge in [0.25, 0.3) is 5.56 Å². The molecular weight excluding hydrogens is 270 g/mol. The van der Waals surface area contributed by atoms with Gasteiger partial charge in [0.15, 0.2) is 0 Å². The average Bonchev–Trinajstić information content (AvgIpc) is 2.83. The third-order valence-corrected chi connectivity index (χ3v) is 4.44. The second-order valence-electron chi connectivity index (χ2n) is 5.77. The van der Waals surface area contributed by atoms with E-state index in [1.165, 1.54) is 4.68 Å². The Kier molecular flexibility index (Phi) is 3.45. The molecule has 0 aliphatic heterocycles. The Balaban J connectivity index is 1.93. The van der Waals surface area contributed by atoms with Crippen LogP contribution in [0.15, 0.2) is 29.1 Å². The molecule has 1 saturated carbocycles. The van der Waals surface area contributed by atoms with Crippen LogP contribution in [-0.2, 0) is 11.3 Å². The highest BCUT2D eigenvalue weighted by atomic mass is 16.4. The molecule has 110 valence electrons. The van der Waals surface area contributed by atoms with Crippen molar-refractivity contribution < 1.29 is 9.90 Å². The lowest BCUT2D eigenvalue weighted by Crippen LogP contribution is -2.32. The van der Waals surface area contributed by atoms with Crippen molar-refractivity contribution in [1.82, 2.24) is 15.0 Å². The molecule has 0 radical (unpaired) electrons. The molecule has 1 aromatic carbocycles. The number of hydrogen-bond donors (Lipinski definition) is 1. The molecule has 1 N–H and O–H groups in total. The zero-order valence-electron chi connectivity index (χ0n) is 11.8. The first-order valence-electron chi connectivity index (χ1n) is 7.13. The van der Waals surface area contributed by atoms with Crippen molar-refractivity contribution in [3.8, 4) is 0 Å². The number of fused-ring (bicyclic) bond motifs is 1. The van der Waals surface area contributed by atoms with E-state index in [2.05, 4.69) is 10.3 Å². The fourth-order valence-electron chi connectivity index (χ4n) is 3.32. The van der Waals surface area contributed by atoms with Gasteiger partial charge in [-0.25, -0.2) is 4.68 Å². The Bertz CT molecular complexity index is 740. The van der Waals surface area contributed by atoms with Crippen LogP contribution in [0.25, 0.3) is 10.9 Å². The number of aliphatic carboxylic acids is 1. The average molecular weight is 287 g/mol. The van der Waals surface area contributed by atoms with Crippen molar-refractivity contribution >= 4 is 16.9 Å². The van der Waals surface area contributed by atoms with Crippen LogP contribution < -0.4 is 5.56 Å². The number of aromatic nitrogens is 3. The SMILES string of the molecule is C[C@H]1CC[C@@H](Cn2nnc3ccccc3c2=O)[C@@H]1C(=O)O.